The summed E-state index contributed by atoms with van der Waals surface area (Å²) in [5.41, 5.74) is 9.39. The summed E-state index contributed by atoms with van der Waals surface area (Å²) < 4.78 is 0. The fourth-order valence-electron chi connectivity index (χ4n) is 3.58. The highest BCUT2D eigenvalue weighted by Crippen LogP contribution is 2.22. The maximum absolute atomic E-state index is 4.85. The third kappa shape index (κ3) is 3.10. The Hall–Kier alpha value is -3.40. The number of nitrogens with one attached hydrogen (secondary N) is 2. The maximum atomic E-state index is 4.85. The number of aryl methyl sites for hydroxylation is 1. The van der Waals surface area contributed by atoms with Crippen LogP contribution < -0.4 is 0 Å². The van der Waals surface area contributed by atoms with Gasteiger partial charge < -0.3 is 9.97 Å². The van der Waals surface area contributed by atoms with E-state index in [9.17, 15) is 0 Å². The molecule has 3 aromatic rings. The van der Waals surface area contributed by atoms with Crippen molar-refractivity contribution in [3.63, 3.8) is 0 Å². The van der Waals surface area contributed by atoms with Crippen LogP contribution in [0.3, 0.4) is 0 Å². The van der Waals surface area contributed by atoms with E-state index in [2.05, 4.69) is 71.5 Å². The maximum Gasteiger partial charge on any atom is 0.0690 e. The normalized spacial score (nSPS) is 12.6. The second-order valence-electron chi connectivity index (χ2n) is 6.91. The van der Waals surface area contributed by atoms with Crippen LogP contribution in [0.25, 0.3) is 46.4 Å². The molecule has 27 heavy (non-hydrogen) atoms. The summed E-state index contributed by atoms with van der Waals surface area (Å²) in [5, 5.41) is 0. The van der Waals surface area contributed by atoms with E-state index in [4.69, 9.17) is 9.97 Å². The SMILES string of the molecule is CCCc1c2nc(cc3ccc(cc4nc(cc5ccc1[nH]5)C=C4)[nH]3)C=C2. The van der Waals surface area contributed by atoms with Gasteiger partial charge in [-0.2, -0.15) is 0 Å². The Morgan fingerprint density at radius 2 is 1.30 bits per heavy atom. The number of aromatic nitrogens is 4. The first-order chi connectivity index (χ1) is 13.3. The van der Waals surface area contributed by atoms with Crippen molar-refractivity contribution in [1.29, 1.82) is 0 Å². The van der Waals surface area contributed by atoms with Crippen LogP contribution in [0.15, 0.2) is 42.5 Å². The van der Waals surface area contributed by atoms with Crippen molar-refractivity contribution in [3.8, 4) is 0 Å². The van der Waals surface area contributed by atoms with Gasteiger partial charge in [-0.25, -0.2) is 9.97 Å². The Morgan fingerprint density at radius 1 is 0.704 bits per heavy atom. The molecule has 0 saturated heterocycles. The van der Waals surface area contributed by atoms with E-state index >= 15 is 0 Å². The smallest absolute Gasteiger partial charge is 0.0690 e. The lowest BCUT2D eigenvalue weighted by Crippen LogP contribution is -1.89. The number of aromatic amines is 2. The first kappa shape index (κ1) is 15.8. The van der Waals surface area contributed by atoms with Crippen molar-refractivity contribution in [3.05, 3.63) is 70.8 Å². The van der Waals surface area contributed by atoms with Gasteiger partial charge in [0.2, 0.25) is 0 Å². The molecular formula is C23H20N4. The molecular weight excluding hydrogens is 332 g/mol. The summed E-state index contributed by atoms with van der Waals surface area (Å²) in [6, 6.07) is 14.6. The molecule has 4 nitrogen and oxygen atoms in total. The standard InChI is InChI=1S/C23H20N4/c1-2-3-21-22-10-8-19(26-22)13-17-6-4-15(24-17)12-16-5-7-18(25-16)14-20-9-11-23(21)27-20/h4-14,24,27H,2-3H2,1H3. The Balaban J connectivity index is 1.86. The number of H-pyrrole nitrogens is 2. The van der Waals surface area contributed by atoms with Crippen molar-refractivity contribution < 1.29 is 0 Å². The minimum atomic E-state index is 0.945. The van der Waals surface area contributed by atoms with Crippen molar-refractivity contribution in [2.75, 3.05) is 0 Å². The van der Waals surface area contributed by atoms with Gasteiger partial charge in [-0.05, 0) is 73.2 Å². The summed E-state index contributed by atoms with van der Waals surface area (Å²) in [7, 11) is 0. The summed E-state index contributed by atoms with van der Waals surface area (Å²) in [6.45, 7) is 2.20. The fourth-order valence-corrected chi connectivity index (χ4v) is 3.58. The van der Waals surface area contributed by atoms with Gasteiger partial charge in [0.05, 0.1) is 22.8 Å². The molecule has 0 aliphatic carbocycles. The second kappa shape index (κ2) is 6.40. The number of nitrogens with zero attached hydrogens (tertiary/aromatic N) is 2. The second-order valence-corrected chi connectivity index (χ2v) is 6.91. The van der Waals surface area contributed by atoms with E-state index in [0.717, 1.165) is 57.7 Å². The minimum Gasteiger partial charge on any atom is -0.355 e. The minimum absolute atomic E-state index is 0.945. The zero-order valence-corrected chi connectivity index (χ0v) is 15.2. The highest BCUT2D eigenvalue weighted by Gasteiger charge is 2.07. The third-order valence-corrected chi connectivity index (χ3v) is 4.83. The summed E-state index contributed by atoms with van der Waals surface area (Å²) in [4.78, 5) is 16.5. The summed E-state index contributed by atoms with van der Waals surface area (Å²) in [5.74, 6) is 0. The first-order valence-electron chi connectivity index (χ1n) is 9.33. The highest BCUT2D eigenvalue weighted by molar-refractivity contribution is 5.79. The molecule has 0 amide bonds. The van der Waals surface area contributed by atoms with Crippen molar-refractivity contribution in [1.82, 2.24) is 19.9 Å². The summed E-state index contributed by atoms with van der Waals surface area (Å²) >= 11 is 0. The zero-order valence-electron chi connectivity index (χ0n) is 15.2. The average molecular weight is 352 g/mol. The lowest BCUT2D eigenvalue weighted by molar-refractivity contribution is 0.919. The predicted molar refractivity (Wildman–Crippen MR) is 113 cm³/mol. The highest BCUT2D eigenvalue weighted by atomic mass is 14.8. The van der Waals surface area contributed by atoms with Gasteiger partial charge in [0.15, 0.2) is 0 Å². The molecule has 0 spiro atoms. The molecule has 0 aromatic carbocycles. The predicted octanol–water partition coefficient (Wildman–Crippen LogP) is 5.61. The van der Waals surface area contributed by atoms with E-state index in [1.165, 1.54) is 5.56 Å². The van der Waals surface area contributed by atoms with Crippen molar-refractivity contribution >= 4 is 46.4 Å². The van der Waals surface area contributed by atoms with Crippen LogP contribution in [0.1, 0.15) is 41.7 Å². The Labute approximate surface area is 157 Å². The third-order valence-electron chi connectivity index (χ3n) is 4.83. The van der Waals surface area contributed by atoms with Crippen LogP contribution in [0.2, 0.25) is 0 Å². The molecule has 0 unspecified atom stereocenters. The van der Waals surface area contributed by atoms with Crippen LogP contribution in [-0.4, -0.2) is 19.9 Å². The summed E-state index contributed by atoms with van der Waals surface area (Å²) in [6.07, 6.45) is 10.3. The topological polar surface area (TPSA) is 57.4 Å². The molecule has 0 saturated carbocycles. The van der Waals surface area contributed by atoms with Crippen LogP contribution >= 0.6 is 0 Å². The molecule has 0 fully saturated rings. The molecule has 0 atom stereocenters. The first-order valence-corrected chi connectivity index (χ1v) is 9.33. The molecule has 8 bridgehead atoms. The molecule has 4 heteroatoms. The molecule has 5 heterocycles. The Kier molecular flexibility index (Phi) is 3.75. The van der Waals surface area contributed by atoms with E-state index in [0.29, 0.717) is 0 Å². The van der Waals surface area contributed by atoms with Gasteiger partial charge in [-0.1, -0.05) is 13.3 Å². The van der Waals surface area contributed by atoms with E-state index in [-0.39, 0.29) is 0 Å². The average Bonchev–Trinajstić information content (AvgIpc) is 3.43. The van der Waals surface area contributed by atoms with Gasteiger partial charge in [-0.15, -0.1) is 0 Å². The lowest BCUT2D eigenvalue weighted by atomic mass is 10.1. The number of rotatable bonds is 2. The van der Waals surface area contributed by atoms with Gasteiger partial charge in [0.1, 0.15) is 0 Å². The number of hydrogen-bond donors (Lipinski definition) is 2. The quantitative estimate of drug-likeness (QED) is 0.434. The van der Waals surface area contributed by atoms with Gasteiger partial charge >= 0.3 is 0 Å². The molecule has 2 aliphatic heterocycles. The Bertz CT molecular complexity index is 1240. The van der Waals surface area contributed by atoms with Crippen molar-refractivity contribution in [2.24, 2.45) is 0 Å². The molecule has 0 radical (unpaired) electrons. The molecule has 3 aromatic heterocycles. The molecule has 132 valence electrons. The molecule has 5 rings (SSSR count). The molecule has 2 N–H and O–H groups in total. The number of hydrogen-bond acceptors (Lipinski definition) is 2. The van der Waals surface area contributed by atoms with Crippen LogP contribution in [0, 0.1) is 0 Å². The lowest BCUT2D eigenvalue weighted by Gasteiger charge is -2.00. The van der Waals surface area contributed by atoms with E-state index in [1.54, 1.807) is 0 Å². The van der Waals surface area contributed by atoms with Gasteiger partial charge in [0, 0.05) is 27.6 Å². The van der Waals surface area contributed by atoms with Crippen LogP contribution in [0.5, 0.6) is 0 Å². The van der Waals surface area contributed by atoms with Gasteiger partial charge in [0.25, 0.3) is 0 Å². The van der Waals surface area contributed by atoms with Crippen LogP contribution in [-0.2, 0) is 6.42 Å². The largest absolute Gasteiger partial charge is 0.355 e. The Morgan fingerprint density at radius 3 is 2.00 bits per heavy atom. The monoisotopic (exact) mass is 352 g/mol. The van der Waals surface area contributed by atoms with Crippen molar-refractivity contribution in [2.45, 2.75) is 19.8 Å². The van der Waals surface area contributed by atoms with E-state index < -0.39 is 0 Å². The fraction of sp³-hybridized carbons (Fsp3) is 0.130. The van der Waals surface area contributed by atoms with E-state index in [1.807, 2.05) is 12.2 Å². The molecule has 2 aliphatic rings. The van der Waals surface area contributed by atoms with Crippen LogP contribution in [0.4, 0.5) is 0 Å². The number of fused-ring (bicyclic) bond motifs is 8. The van der Waals surface area contributed by atoms with Gasteiger partial charge in [-0.3, -0.25) is 0 Å². The zero-order chi connectivity index (χ0) is 18.2.